The second-order valence-corrected chi connectivity index (χ2v) is 4.46. The standard InChI is InChI=1S/C11H17N3O2/c1-8-5-6-14(13-8)7-11(12-2,10(15)16)9-3-4-9/h5-6,9,12H,3-4,7H2,1-2H3,(H,15,16). The van der Waals surface area contributed by atoms with Gasteiger partial charge in [-0.1, -0.05) is 0 Å². The summed E-state index contributed by atoms with van der Waals surface area (Å²) >= 11 is 0. The van der Waals surface area contributed by atoms with Gasteiger partial charge in [-0.25, -0.2) is 0 Å². The van der Waals surface area contributed by atoms with Crippen LogP contribution in [0.5, 0.6) is 0 Å². The van der Waals surface area contributed by atoms with Gasteiger partial charge in [0, 0.05) is 6.20 Å². The molecule has 1 atom stereocenters. The van der Waals surface area contributed by atoms with Gasteiger partial charge in [-0.05, 0) is 38.8 Å². The van der Waals surface area contributed by atoms with Gasteiger partial charge in [-0.2, -0.15) is 5.10 Å². The molecule has 0 amide bonds. The van der Waals surface area contributed by atoms with E-state index < -0.39 is 11.5 Å². The molecule has 88 valence electrons. The predicted molar refractivity (Wildman–Crippen MR) is 59.1 cm³/mol. The van der Waals surface area contributed by atoms with Crippen molar-refractivity contribution in [2.45, 2.75) is 31.8 Å². The van der Waals surface area contributed by atoms with Crippen molar-refractivity contribution in [2.75, 3.05) is 7.05 Å². The number of aliphatic carboxylic acids is 1. The molecule has 1 aromatic rings. The molecule has 0 bridgehead atoms. The van der Waals surface area contributed by atoms with Crippen LogP contribution in [0.2, 0.25) is 0 Å². The topological polar surface area (TPSA) is 67.2 Å². The zero-order chi connectivity index (χ0) is 11.8. The largest absolute Gasteiger partial charge is 0.480 e. The molecule has 5 heteroatoms. The fraction of sp³-hybridized carbons (Fsp3) is 0.636. The third kappa shape index (κ3) is 1.82. The van der Waals surface area contributed by atoms with Gasteiger partial charge in [0.1, 0.15) is 5.54 Å². The second-order valence-electron chi connectivity index (χ2n) is 4.46. The summed E-state index contributed by atoms with van der Waals surface area (Å²) in [4.78, 5) is 11.4. The number of carboxylic acid groups (broad SMARTS) is 1. The Balaban J connectivity index is 2.22. The molecule has 1 aromatic heterocycles. The summed E-state index contributed by atoms with van der Waals surface area (Å²) in [6.07, 6.45) is 3.79. The predicted octanol–water partition coefficient (Wildman–Crippen LogP) is 0.644. The summed E-state index contributed by atoms with van der Waals surface area (Å²) in [6.45, 7) is 2.28. The van der Waals surface area contributed by atoms with Crippen LogP contribution in [0.4, 0.5) is 0 Å². The molecule has 1 aliphatic carbocycles. The number of rotatable bonds is 5. The van der Waals surface area contributed by atoms with Crippen LogP contribution in [-0.2, 0) is 11.3 Å². The summed E-state index contributed by atoms with van der Waals surface area (Å²) in [5.74, 6) is -0.565. The van der Waals surface area contributed by atoms with Crippen LogP contribution in [0, 0.1) is 12.8 Å². The van der Waals surface area contributed by atoms with Crippen molar-refractivity contribution >= 4 is 5.97 Å². The highest BCUT2D eigenvalue weighted by molar-refractivity contribution is 5.79. The quantitative estimate of drug-likeness (QED) is 0.769. The molecule has 0 spiro atoms. The Hall–Kier alpha value is -1.36. The number of nitrogens with zero attached hydrogens (tertiary/aromatic N) is 2. The van der Waals surface area contributed by atoms with Crippen molar-refractivity contribution in [3.05, 3.63) is 18.0 Å². The Kier molecular flexibility index (Phi) is 2.71. The van der Waals surface area contributed by atoms with Crippen LogP contribution in [-0.4, -0.2) is 33.4 Å². The molecule has 1 saturated carbocycles. The summed E-state index contributed by atoms with van der Waals surface area (Å²) < 4.78 is 1.71. The Morgan fingerprint density at radius 3 is 2.81 bits per heavy atom. The molecule has 1 fully saturated rings. The average molecular weight is 223 g/mol. The SMILES string of the molecule is CNC(Cn1ccc(C)n1)(C(=O)O)C1CC1. The van der Waals surface area contributed by atoms with Gasteiger partial charge in [0.2, 0.25) is 0 Å². The zero-order valence-electron chi connectivity index (χ0n) is 9.60. The molecule has 5 nitrogen and oxygen atoms in total. The highest BCUT2D eigenvalue weighted by Gasteiger charge is 2.50. The molecule has 0 radical (unpaired) electrons. The van der Waals surface area contributed by atoms with E-state index in [1.54, 1.807) is 11.7 Å². The molecule has 1 unspecified atom stereocenters. The Labute approximate surface area is 94.5 Å². The average Bonchev–Trinajstić information content (AvgIpc) is 3.00. The first-order valence-corrected chi connectivity index (χ1v) is 5.51. The molecular weight excluding hydrogens is 206 g/mol. The van der Waals surface area contributed by atoms with Crippen LogP contribution < -0.4 is 5.32 Å². The lowest BCUT2D eigenvalue weighted by atomic mass is 9.93. The third-order valence-electron chi connectivity index (χ3n) is 3.29. The molecule has 2 N–H and O–H groups in total. The molecule has 0 saturated heterocycles. The fourth-order valence-corrected chi connectivity index (χ4v) is 2.14. The number of likely N-dealkylation sites (N-methyl/N-ethyl adjacent to an activating group) is 1. The van der Waals surface area contributed by atoms with Crippen molar-refractivity contribution in [1.29, 1.82) is 0 Å². The van der Waals surface area contributed by atoms with E-state index in [0.29, 0.717) is 6.54 Å². The van der Waals surface area contributed by atoms with E-state index in [1.165, 1.54) is 0 Å². The van der Waals surface area contributed by atoms with Crippen LogP contribution in [0.3, 0.4) is 0 Å². The normalized spacial score (nSPS) is 19.4. The van der Waals surface area contributed by atoms with Crippen molar-refractivity contribution in [3.8, 4) is 0 Å². The molecule has 1 heterocycles. The van der Waals surface area contributed by atoms with Crippen LogP contribution in [0.25, 0.3) is 0 Å². The summed E-state index contributed by atoms with van der Waals surface area (Å²) in [6, 6.07) is 1.88. The van der Waals surface area contributed by atoms with E-state index in [0.717, 1.165) is 18.5 Å². The molecular formula is C11H17N3O2. The Morgan fingerprint density at radius 1 is 1.75 bits per heavy atom. The Bertz CT molecular complexity index is 398. The summed E-state index contributed by atoms with van der Waals surface area (Å²) in [5, 5.41) is 16.6. The third-order valence-corrected chi connectivity index (χ3v) is 3.29. The highest BCUT2D eigenvalue weighted by atomic mass is 16.4. The maximum atomic E-state index is 11.4. The number of nitrogens with one attached hydrogen (secondary N) is 1. The number of carboxylic acids is 1. The minimum atomic E-state index is -0.863. The van der Waals surface area contributed by atoms with Crippen molar-refractivity contribution in [2.24, 2.45) is 5.92 Å². The van der Waals surface area contributed by atoms with Gasteiger partial charge >= 0.3 is 5.97 Å². The molecule has 1 aliphatic rings. The summed E-state index contributed by atoms with van der Waals surface area (Å²) in [7, 11) is 1.71. The lowest BCUT2D eigenvalue weighted by molar-refractivity contribution is -0.146. The first kappa shape index (κ1) is 11.1. The number of hydrogen-bond donors (Lipinski definition) is 2. The highest BCUT2D eigenvalue weighted by Crippen LogP contribution is 2.40. The smallest absolute Gasteiger partial charge is 0.326 e. The van der Waals surface area contributed by atoms with E-state index in [9.17, 15) is 9.90 Å². The van der Waals surface area contributed by atoms with Crippen LogP contribution in [0.1, 0.15) is 18.5 Å². The van der Waals surface area contributed by atoms with Crippen molar-refractivity contribution < 1.29 is 9.90 Å². The van der Waals surface area contributed by atoms with Gasteiger partial charge in [0.15, 0.2) is 0 Å². The van der Waals surface area contributed by atoms with E-state index in [4.69, 9.17) is 0 Å². The number of hydrogen-bond acceptors (Lipinski definition) is 3. The van der Waals surface area contributed by atoms with Gasteiger partial charge in [0.05, 0.1) is 12.2 Å². The minimum Gasteiger partial charge on any atom is -0.480 e. The molecule has 16 heavy (non-hydrogen) atoms. The van der Waals surface area contributed by atoms with Gasteiger partial charge in [-0.3, -0.25) is 9.48 Å². The van der Waals surface area contributed by atoms with E-state index in [-0.39, 0.29) is 5.92 Å². The maximum absolute atomic E-state index is 11.4. The monoisotopic (exact) mass is 223 g/mol. The van der Waals surface area contributed by atoms with Gasteiger partial charge < -0.3 is 10.4 Å². The lowest BCUT2D eigenvalue weighted by Crippen LogP contribution is -2.55. The van der Waals surface area contributed by atoms with Crippen LogP contribution >= 0.6 is 0 Å². The van der Waals surface area contributed by atoms with E-state index >= 15 is 0 Å². The molecule has 0 aliphatic heterocycles. The maximum Gasteiger partial charge on any atom is 0.326 e. The first-order chi connectivity index (χ1) is 7.58. The number of aryl methyl sites for hydroxylation is 1. The first-order valence-electron chi connectivity index (χ1n) is 5.51. The van der Waals surface area contributed by atoms with E-state index in [1.807, 2.05) is 19.2 Å². The molecule has 2 rings (SSSR count). The van der Waals surface area contributed by atoms with Gasteiger partial charge in [0.25, 0.3) is 0 Å². The van der Waals surface area contributed by atoms with Gasteiger partial charge in [-0.15, -0.1) is 0 Å². The van der Waals surface area contributed by atoms with Crippen molar-refractivity contribution in [1.82, 2.24) is 15.1 Å². The van der Waals surface area contributed by atoms with Crippen LogP contribution in [0.15, 0.2) is 12.3 Å². The number of carbonyl (C=O) groups is 1. The minimum absolute atomic E-state index is 0.222. The summed E-state index contributed by atoms with van der Waals surface area (Å²) in [5.41, 5.74) is 0.0459. The second kappa shape index (κ2) is 3.90. The van der Waals surface area contributed by atoms with Crippen molar-refractivity contribution in [3.63, 3.8) is 0 Å². The molecule has 0 aromatic carbocycles. The van der Waals surface area contributed by atoms with E-state index in [2.05, 4.69) is 10.4 Å². The zero-order valence-corrected chi connectivity index (χ0v) is 9.60. The Morgan fingerprint density at radius 2 is 2.44 bits per heavy atom. The fourth-order valence-electron chi connectivity index (χ4n) is 2.14. The number of aromatic nitrogens is 2. The lowest BCUT2D eigenvalue weighted by Gasteiger charge is -2.28.